The van der Waals surface area contributed by atoms with E-state index in [1.165, 1.54) is 23.9 Å². The molecule has 2 N–H and O–H groups in total. The Morgan fingerprint density at radius 1 is 1.18 bits per heavy atom. The number of hydrogen-bond acceptors (Lipinski definition) is 5. The zero-order chi connectivity index (χ0) is 20.5. The zero-order valence-electron chi connectivity index (χ0n) is 14.4. The summed E-state index contributed by atoms with van der Waals surface area (Å²) in [6.07, 6.45) is -4.52. The Bertz CT molecular complexity index is 992. The van der Waals surface area contributed by atoms with Gasteiger partial charge >= 0.3 is 6.36 Å². The quantitative estimate of drug-likeness (QED) is 0.756. The molecule has 1 aliphatic heterocycles. The number of carbonyl (C=O) groups excluding carboxylic acids is 1. The Morgan fingerprint density at radius 3 is 2.50 bits per heavy atom. The van der Waals surface area contributed by atoms with Gasteiger partial charge in [0, 0.05) is 22.3 Å². The number of carbonyl (C=O) groups is 1. The first-order chi connectivity index (χ1) is 13.0. The predicted molar refractivity (Wildman–Crippen MR) is 98.9 cm³/mol. The molecule has 0 saturated carbocycles. The molecule has 2 aromatic carbocycles. The molecule has 1 atom stereocenters. The molecule has 0 unspecified atom stereocenters. The van der Waals surface area contributed by atoms with Crippen LogP contribution in [-0.2, 0) is 14.8 Å². The molecule has 6 nitrogen and oxygen atoms in total. The highest BCUT2D eigenvalue weighted by Gasteiger charge is 2.31. The van der Waals surface area contributed by atoms with E-state index in [1.54, 1.807) is 6.07 Å². The summed E-state index contributed by atoms with van der Waals surface area (Å²) in [6.45, 7) is 1.90. The van der Waals surface area contributed by atoms with Crippen LogP contribution in [0.3, 0.4) is 0 Å². The molecule has 1 aliphatic rings. The van der Waals surface area contributed by atoms with Gasteiger partial charge in [-0.15, -0.1) is 24.9 Å². The summed E-state index contributed by atoms with van der Waals surface area (Å²) in [4.78, 5) is 12.5. The van der Waals surface area contributed by atoms with Gasteiger partial charge < -0.3 is 10.1 Å². The molecule has 1 heterocycles. The standard InChI is InChI=1S/C17H15F3N2O4S2/c1-10-8-16(23)21-14-9-13(6-7-15(14)27-10)28(24,25)22-11-2-4-12(5-3-11)26-17(18,19)20/h2-7,9-10,22H,8H2,1H3,(H,21,23)/t10-/m0/s1. The van der Waals surface area contributed by atoms with Crippen LogP contribution in [0.5, 0.6) is 5.75 Å². The first-order valence-electron chi connectivity index (χ1n) is 8.01. The van der Waals surface area contributed by atoms with E-state index in [4.69, 9.17) is 0 Å². The second-order valence-electron chi connectivity index (χ2n) is 6.02. The third kappa shape index (κ3) is 5.10. The van der Waals surface area contributed by atoms with E-state index in [-0.39, 0.29) is 21.7 Å². The van der Waals surface area contributed by atoms with Crippen molar-refractivity contribution in [3.63, 3.8) is 0 Å². The number of nitrogens with one attached hydrogen (secondary N) is 2. The van der Waals surface area contributed by atoms with Crippen LogP contribution in [0, 0.1) is 0 Å². The Balaban J connectivity index is 1.81. The van der Waals surface area contributed by atoms with Gasteiger partial charge in [-0.05, 0) is 42.5 Å². The first-order valence-corrected chi connectivity index (χ1v) is 10.4. The number of thioether (sulfide) groups is 1. The Labute approximate surface area is 163 Å². The largest absolute Gasteiger partial charge is 0.573 e. The number of alkyl halides is 3. The molecule has 3 rings (SSSR count). The average molecular weight is 432 g/mol. The smallest absolute Gasteiger partial charge is 0.406 e. The van der Waals surface area contributed by atoms with E-state index in [0.29, 0.717) is 12.1 Å². The zero-order valence-corrected chi connectivity index (χ0v) is 16.0. The molecule has 0 bridgehead atoms. The molecule has 150 valence electrons. The van der Waals surface area contributed by atoms with Crippen LogP contribution in [0.4, 0.5) is 24.5 Å². The lowest BCUT2D eigenvalue weighted by atomic mass is 10.3. The molecule has 0 saturated heterocycles. The fourth-order valence-corrected chi connectivity index (χ4v) is 4.67. The van der Waals surface area contributed by atoms with Crippen molar-refractivity contribution in [2.45, 2.75) is 34.7 Å². The highest BCUT2D eigenvalue weighted by atomic mass is 32.2. The number of rotatable bonds is 4. The summed E-state index contributed by atoms with van der Waals surface area (Å²) in [5, 5.41) is 2.74. The number of amides is 1. The summed E-state index contributed by atoms with van der Waals surface area (Å²) in [5.41, 5.74) is 0.465. The van der Waals surface area contributed by atoms with Crippen LogP contribution < -0.4 is 14.8 Å². The third-order valence-electron chi connectivity index (χ3n) is 3.68. The number of ether oxygens (including phenoxy) is 1. The Kier molecular flexibility index (Phi) is 5.48. The molecule has 2 aromatic rings. The molecule has 0 aromatic heterocycles. The number of fused-ring (bicyclic) bond motifs is 1. The summed E-state index contributed by atoms with van der Waals surface area (Å²) < 4.78 is 67.8. The van der Waals surface area contributed by atoms with Crippen molar-refractivity contribution >= 4 is 39.1 Å². The van der Waals surface area contributed by atoms with Crippen molar-refractivity contribution in [1.29, 1.82) is 0 Å². The van der Waals surface area contributed by atoms with Crippen molar-refractivity contribution in [3.8, 4) is 5.75 Å². The topological polar surface area (TPSA) is 84.5 Å². The monoisotopic (exact) mass is 432 g/mol. The minimum Gasteiger partial charge on any atom is -0.406 e. The van der Waals surface area contributed by atoms with Gasteiger partial charge in [-0.2, -0.15) is 0 Å². The van der Waals surface area contributed by atoms with E-state index in [9.17, 15) is 26.4 Å². The SMILES string of the molecule is C[C@H]1CC(=O)Nc2cc(S(=O)(=O)Nc3ccc(OC(F)(F)F)cc3)ccc2S1. The molecular weight excluding hydrogens is 417 g/mol. The number of benzene rings is 2. The van der Waals surface area contributed by atoms with Gasteiger partial charge in [0.15, 0.2) is 0 Å². The number of hydrogen-bond donors (Lipinski definition) is 2. The third-order valence-corrected chi connectivity index (χ3v) is 6.23. The second kappa shape index (κ2) is 7.55. The summed E-state index contributed by atoms with van der Waals surface area (Å²) in [6, 6.07) is 8.67. The lowest BCUT2D eigenvalue weighted by molar-refractivity contribution is -0.274. The van der Waals surface area contributed by atoms with E-state index in [0.717, 1.165) is 29.2 Å². The van der Waals surface area contributed by atoms with Crippen molar-refractivity contribution in [3.05, 3.63) is 42.5 Å². The van der Waals surface area contributed by atoms with Crippen LogP contribution in [-0.4, -0.2) is 25.9 Å². The lowest BCUT2D eigenvalue weighted by Crippen LogP contribution is -2.17. The molecule has 28 heavy (non-hydrogen) atoms. The summed E-state index contributed by atoms with van der Waals surface area (Å²) in [5.74, 6) is -0.671. The van der Waals surface area contributed by atoms with Crippen molar-refractivity contribution < 1.29 is 31.1 Å². The highest BCUT2D eigenvalue weighted by Crippen LogP contribution is 2.36. The van der Waals surface area contributed by atoms with Crippen LogP contribution in [0.25, 0.3) is 0 Å². The molecule has 0 spiro atoms. The fraction of sp³-hybridized carbons (Fsp3) is 0.235. The summed E-state index contributed by atoms with van der Waals surface area (Å²) in [7, 11) is -4.01. The summed E-state index contributed by atoms with van der Waals surface area (Å²) >= 11 is 1.46. The highest BCUT2D eigenvalue weighted by molar-refractivity contribution is 8.00. The van der Waals surface area contributed by atoms with Gasteiger partial charge in [-0.25, -0.2) is 8.42 Å². The molecule has 0 radical (unpaired) electrons. The van der Waals surface area contributed by atoms with Crippen LogP contribution >= 0.6 is 11.8 Å². The van der Waals surface area contributed by atoms with E-state index in [2.05, 4.69) is 14.8 Å². The van der Waals surface area contributed by atoms with Crippen LogP contribution in [0.15, 0.2) is 52.3 Å². The van der Waals surface area contributed by atoms with Crippen molar-refractivity contribution in [2.24, 2.45) is 0 Å². The molecule has 11 heteroatoms. The fourth-order valence-electron chi connectivity index (χ4n) is 2.54. The molecular formula is C17H15F3N2O4S2. The first kappa shape index (κ1) is 20.3. The average Bonchev–Trinajstić information content (AvgIpc) is 2.70. The predicted octanol–water partition coefficient (Wildman–Crippen LogP) is 4.21. The van der Waals surface area contributed by atoms with Gasteiger partial charge in [-0.1, -0.05) is 6.92 Å². The van der Waals surface area contributed by atoms with E-state index in [1.807, 2.05) is 6.92 Å². The number of anilines is 2. The molecule has 0 aliphatic carbocycles. The Morgan fingerprint density at radius 2 is 1.86 bits per heavy atom. The number of sulfonamides is 1. The van der Waals surface area contributed by atoms with Crippen LogP contribution in [0.1, 0.15) is 13.3 Å². The maximum atomic E-state index is 12.6. The van der Waals surface area contributed by atoms with Crippen LogP contribution in [0.2, 0.25) is 0 Å². The van der Waals surface area contributed by atoms with Gasteiger partial charge in [0.25, 0.3) is 10.0 Å². The van der Waals surface area contributed by atoms with Gasteiger partial charge in [-0.3, -0.25) is 9.52 Å². The normalized spacial score (nSPS) is 17.3. The van der Waals surface area contributed by atoms with E-state index >= 15 is 0 Å². The van der Waals surface area contributed by atoms with Gasteiger partial charge in [0.05, 0.1) is 10.6 Å². The minimum atomic E-state index is -4.83. The molecule has 1 amide bonds. The van der Waals surface area contributed by atoms with Gasteiger partial charge in [0.1, 0.15) is 5.75 Å². The van der Waals surface area contributed by atoms with Gasteiger partial charge in [0.2, 0.25) is 5.91 Å². The minimum absolute atomic E-state index is 0.0549. The lowest BCUT2D eigenvalue weighted by Gasteiger charge is -2.13. The maximum Gasteiger partial charge on any atom is 0.573 e. The Hall–Kier alpha value is -2.40. The maximum absolute atomic E-state index is 12.6. The van der Waals surface area contributed by atoms with Crippen molar-refractivity contribution in [2.75, 3.05) is 10.0 Å². The van der Waals surface area contributed by atoms with Crippen molar-refractivity contribution in [1.82, 2.24) is 0 Å². The second-order valence-corrected chi connectivity index (χ2v) is 9.18. The number of halogens is 3. The molecule has 0 fully saturated rings. The van der Waals surface area contributed by atoms with E-state index < -0.39 is 22.1 Å².